The fourth-order valence-electron chi connectivity index (χ4n) is 2.60. The van der Waals surface area contributed by atoms with Crippen molar-refractivity contribution in [3.8, 4) is 0 Å². The van der Waals surface area contributed by atoms with Crippen molar-refractivity contribution < 1.29 is 9.53 Å². The van der Waals surface area contributed by atoms with Crippen LogP contribution in [-0.4, -0.2) is 48.7 Å². The van der Waals surface area contributed by atoms with E-state index in [1.54, 1.807) is 0 Å². The van der Waals surface area contributed by atoms with Gasteiger partial charge in [-0.05, 0) is 59.4 Å². The molecule has 0 aromatic rings. The van der Waals surface area contributed by atoms with Gasteiger partial charge in [-0.15, -0.1) is 0 Å². The lowest BCUT2D eigenvalue weighted by Gasteiger charge is -2.35. The van der Waals surface area contributed by atoms with E-state index >= 15 is 0 Å². The first-order chi connectivity index (χ1) is 9.33. The average Bonchev–Trinajstić information content (AvgIpc) is 2.41. The molecule has 4 nitrogen and oxygen atoms in total. The predicted octanol–water partition coefficient (Wildman–Crippen LogP) is 2.57. The minimum absolute atomic E-state index is 0.102. The molecular weight excluding hydrogens is 252 g/mol. The standard InChI is InChI=1S/C16H32N2O2/c1-6-11-17-13-7-9-14(10-8-13)18(5)15(19)12-20-16(2,3)4/h13-14,17H,6-12H2,1-5H3. The lowest BCUT2D eigenvalue weighted by molar-refractivity contribution is -0.142. The Hall–Kier alpha value is -0.610. The van der Waals surface area contributed by atoms with E-state index in [0.29, 0.717) is 12.1 Å². The molecule has 0 aromatic carbocycles. The van der Waals surface area contributed by atoms with Gasteiger partial charge in [-0.2, -0.15) is 0 Å². The molecule has 1 fully saturated rings. The molecule has 1 rings (SSSR count). The lowest BCUT2D eigenvalue weighted by atomic mass is 9.90. The molecule has 0 aromatic heterocycles. The van der Waals surface area contributed by atoms with Gasteiger partial charge in [0.2, 0.25) is 5.91 Å². The van der Waals surface area contributed by atoms with E-state index in [2.05, 4.69) is 12.2 Å². The van der Waals surface area contributed by atoms with Crippen LogP contribution in [0.5, 0.6) is 0 Å². The van der Waals surface area contributed by atoms with Crippen molar-refractivity contribution in [1.82, 2.24) is 10.2 Å². The van der Waals surface area contributed by atoms with Crippen molar-refractivity contribution in [2.75, 3.05) is 20.2 Å². The molecule has 0 radical (unpaired) electrons. The van der Waals surface area contributed by atoms with E-state index in [1.165, 1.54) is 19.3 Å². The van der Waals surface area contributed by atoms with Crippen molar-refractivity contribution in [3.63, 3.8) is 0 Å². The molecule has 0 atom stereocenters. The second-order valence-electron chi connectivity index (χ2n) is 6.87. The SMILES string of the molecule is CCCNC1CCC(N(C)C(=O)COC(C)(C)C)CC1. The fraction of sp³-hybridized carbons (Fsp3) is 0.938. The molecule has 0 unspecified atom stereocenters. The molecule has 1 N–H and O–H groups in total. The zero-order chi connectivity index (χ0) is 15.2. The average molecular weight is 284 g/mol. The van der Waals surface area contributed by atoms with E-state index in [9.17, 15) is 4.79 Å². The summed E-state index contributed by atoms with van der Waals surface area (Å²) in [6.07, 6.45) is 5.71. The zero-order valence-electron chi connectivity index (χ0n) is 13.9. The molecule has 20 heavy (non-hydrogen) atoms. The summed E-state index contributed by atoms with van der Waals surface area (Å²) in [6.45, 7) is 9.42. The highest BCUT2D eigenvalue weighted by Crippen LogP contribution is 2.22. The fourth-order valence-corrected chi connectivity index (χ4v) is 2.60. The third-order valence-electron chi connectivity index (χ3n) is 3.95. The minimum atomic E-state index is -0.252. The summed E-state index contributed by atoms with van der Waals surface area (Å²) in [5.74, 6) is 0.102. The molecule has 118 valence electrons. The van der Waals surface area contributed by atoms with Gasteiger partial charge in [0, 0.05) is 19.1 Å². The van der Waals surface area contributed by atoms with Crippen LogP contribution in [0.2, 0.25) is 0 Å². The smallest absolute Gasteiger partial charge is 0.248 e. The van der Waals surface area contributed by atoms with Crippen LogP contribution in [0.15, 0.2) is 0 Å². The summed E-state index contributed by atoms with van der Waals surface area (Å²) in [7, 11) is 1.92. The Balaban J connectivity index is 2.31. The van der Waals surface area contributed by atoms with E-state index in [4.69, 9.17) is 4.74 Å². The summed E-state index contributed by atoms with van der Waals surface area (Å²) in [4.78, 5) is 14.0. The molecule has 1 aliphatic carbocycles. The van der Waals surface area contributed by atoms with Crippen LogP contribution < -0.4 is 5.32 Å². The number of nitrogens with one attached hydrogen (secondary N) is 1. The first-order valence-corrected chi connectivity index (χ1v) is 7.96. The number of amides is 1. The highest BCUT2D eigenvalue weighted by Gasteiger charge is 2.26. The van der Waals surface area contributed by atoms with E-state index in [-0.39, 0.29) is 18.1 Å². The largest absolute Gasteiger partial charge is 0.366 e. The van der Waals surface area contributed by atoms with Gasteiger partial charge in [-0.25, -0.2) is 0 Å². The number of hydrogen-bond acceptors (Lipinski definition) is 3. The Bertz CT molecular complexity index is 291. The molecule has 4 heteroatoms. The number of rotatable bonds is 6. The van der Waals surface area contributed by atoms with E-state index in [0.717, 1.165) is 19.4 Å². The van der Waals surface area contributed by atoms with Crippen molar-refractivity contribution in [3.05, 3.63) is 0 Å². The number of carbonyl (C=O) groups is 1. The van der Waals surface area contributed by atoms with Gasteiger partial charge >= 0.3 is 0 Å². The minimum Gasteiger partial charge on any atom is -0.366 e. The monoisotopic (exact) mass is 284 g/mol. The van der Waals surface area contributed by atoms with Gasteiger partial charge in [0.05, 0.1) is 5.60 Å². The third kappa shape index (κ3) is 6.23. The maximum Gasteiger partial charge on any atom is 0.248 e. The van der Waals surface area contributed by atoms with Crippen LogP contribution in [0.1, 0.15) is 59.8 Å². The van der Waals surface area contributed by atoms with Gasteiger partial charge < -0.3 is 15.0 Å². The number of likely N-dealkylation sites (N-methyl/N-ethyl adjacent to an activating group) is 1. The summed E-state index contributed by atoms with van der Waals surface area (Å²) in [6, 6.07) is 1.02. The van der Waals surface area contributed by atoms with Gasteiger partial charge in [0.15, 0.2) is 0 Å². The number of hydrogen-bond donors (Lipinski definition) is 1. The van der Waals surface area contributed by atoms with Crippen molar-refractivity contribution >= 4 is 5.91 Å². The van der Waals surface area contributed by atoms with Gasteiger partial charge in [0.1, 0.15) is 6.61 Å². The highest BCUT2D eigenvalue weighted by molar-refractivity contribution is 5.77. The van der Waals surface area contributed by atoms with Crippen LogP contribution in [0.4, 0.5) is 0 Å². The first-order valence-electron chi connectivity index (χ1n) is 7.96. The first kappa shape index (κ1) is 17.4. The Morgan fingerprint density at radius 3 is 2.35 bits per heavy atom. The normalized spacial score (nSPS) is 23.6. The van der Waals surface area contributed by atoms with Crippen LogP contribution >= 0.6 is 0 Å². The molecule has 1 amide bonds. The van der Waals surface area contributed by atoms with Crippen LogP contribution in [-0.2, 0) is 9.53 Å². The topological polar surface area (TPSA) is 41.6 Å². The van der Waals surface area contributed by atoms with E-state index < -0.39 is 0 Å². The van der Waals surface area contributed by atoms with Crippen molar-refractivity contribution in [2.45, 2.75) is 77.5 Å². The molecule has 1 aliphatic rings. The van der Waals surface area contributed by atoms with Gasteiger partial charge in [-0.3, -0.25) is 4.79 Å². The van der Waals surface area contributed by atoms with Crippen LogP contribution in [0.25, 0.3) is 0 Å². The van der Waals surface area contributed by atoms with Crippen molar-refractivity contribution in [2.24, 2.45) is 0 Å². The maximum absolute atomic E-state index is 12.1. The summed E-state index contributed by atoms with van der Waals surface area (Å²) < 4.78 is 5.57. The summed E-state index contributed by atoms with van der Waals surface area (Å²) in [5, 5.41) is 3.58. The molecule has 0 spiro atoms. The molecular formula is C16H32N2O2. The van der Waals surface area contributed by atoms with Crippen LogP contribution in [0.3, 0.4) is 0 Å². The zero-order valence-corrected chi connectivity index (χ0v) is 13.9. The molecule has 0 bridgehead atoms. The molecule has 0 aliphatic heterocycles. The Kier molecular flexibility index (Phi) is 6.96. The number of ether oxygens (including phenoxy) is 1. The Labute approximate surface area is 124 Å². The number of nitrogens with zero attached hydrogens (tertiary/aromatic N) is 1. The number of carbonyl (C=O) groups excluding carboxylic acids is 1. The summed E-state index contributed by atoms with van der Waals surface area (Å²) >= 11 is 0. The van der Waals surface area contributed by atoms with Gasteiger partial charge in [-0.1, -0.05) is 6.92 Å². The lowest BCUT2D eigenvalue weighted by Crippen LogP contribution is -2.45. The van der Waals surface area contributed by atoms with Gasteiger partial charge in [0.25, 0.3) is 0 Å². The predicted molar refractivity (Wildman–Crippen MR) is 82.8 cm³/mol. The Morgan fingerprint density at radius 2 is 1.85 bits per heavy atom. The molecule has 0 heterocycles. The second kappa shape index (κ2) is 7.99. The third-order valence-corrected chi connectivity index (χ3v) is 3.95. The second-order valence-corrected chi connectivity index (χ2v) is 6.87. The summed E-state index contributed by atoms with van der Waals surface area (Å²) in [5.41, 5.74) is -0.252. The quantitative estimate of drug-likeness (QED) is 0.815. The Morgan fingerprint density at radius 1 is 1.25 bits per heavy atom. The van der Waals surface area contributed by atoms with Crippen LogP contribution in [0, 0.1) is 0 Å². The molecule has 1 saturated carbocycles. The van der Waals surface area contributed by atoms with E-state index in [1.807, 2.05) is 32.7 Å². The molecule has 0 saturated heterocycles. The highest BCUT2D eigenvalue weighted by atomic mass is 16.5. The maximum atomic E-state index is 12.1. The van der Waals surface area contributed by atoms with Crippen molar-refractivity contribution in [1.29, 1.82) is 0 Å².